The van der Waals surface area contributed by atoms with Gasteiger partial charge in [0.2, 0.25) is 0 Å². The molecule has 1 saturated heterocycles. The first kappa shape index (κ1) is 8.66. The van der Waals surface area contributed by atoms with Crippen LogP contribution in [-0.2, 0) is 0 Å². The molecule has 13 heavy (non-hydrogen) atoms. The van der Waals surface area contributed by atoms with Gasteiger partial charge in [-0.15, -0.1) is 0 Å². The molecule has 2 heterocycles. The summed E-state index contributed by atoms with van der Waals surface area (Å²) < 4.78 is 0. The van der Waals surface area contributed by atoms with Gasteiger partial charge in [0.25, 0.3) is 0 Å². The predicted molar refractivity (Wildman–Crippen MR) is 52.4 cm³/mol. The van der Waals surface area contributed by atoms with Crippen molar-refractivity contribution in [3.05, 3.63) is 30.1 Å². The summed E-state index contributed by atoms with van der Waals surface area (Å²) in [5, 5.41) is 6.89. The summed E-state index contributed by atoms with van der Waals surface area (Å²) in [6, 6.07) is 6.87. The van der Waals surface area contributed by atoms with Gasteiger partial charge in [0.1, 0.15) is 0 Å². The van der Waals surface area contributed by atoms with Gasteiger partial charge in [-0.05, 0) is 19.1 Å². The molecule has 2 rings (SSSR count). The highest BCUT2D eigenvalue weighted by atomic mass is 15.1. The van der Waals surface area contributed by atoms with Gasteiger partial charge < -0.3 is 10.6 Å². The molecule has 1 aliphatic heterocycles. The van der Waals surface area contributed by atoms with Crippen LogP contribution in [0, 0.1) is 0 Å². The maximum absolute atomic E-state index is 4.35. The van der Waals surface area contributed by atoms with Crippen LogP contribution in [0.15, 0.2) is 24.4 Å². The highest BCUT2D eigenvalue weighted by molar-refractivity contribution is 5.11. The van der Waals surface area contributed by atoms with Crippen LogP contribution in [0.3, 0.4) is 0 Å². The highest BCUT2D eigenvalue weighted by Gasteiger charge is 2.22. The van der Waals surface area contributed by atoms with Crippen molar-refractivity contribution in [2.24, 2.45) is 0 Å². The van der Waals surface area contributed by atoms with Crippen LogP contribution in [0.5, 0.6) is 0 Å². The second-order valence-electron chi connectivity index (χ2n) is 3.43. The number of hydrogen-bond donors (Lipinski definition) is 2. The zero-order valence-electron chi connectivity index (χ0n) is 7.83. The average Bonchev–Trinajstić information content (AvgIpc) is 2.20. The molecule has 0 amide bonds. The fourth-order valence-corrected chi connectivity index (χ4v) is 1.74. The predicted octanol–water partition coefficient (Wildman–Crippen LogP) is 0.704. The third-order valence-electron chi connectivity index (χ3n) is 2.46. The van der Waals surface area contributed by atoms with Gasteiger partial charge in [-0.1, -0.05) is 6.07 Å². The molecule has 1 aromatic heterocycles. The minimum absolute atomic E-state index is 0.356. The van der Waals surface area contributed by atoms with Crippen molar-refractivity contribution in [1.82, 2.24) is 15.6 Å². The van der Waals surface area contributed by atoms with E-state index >= 15 is 0 Å². The van der Waals surface area contributed by atoms with E-state index in [1.54, 1.807) is 0 Å². The first-order valence-corrected chi connectivity index (χ1v) is 4.75. The Morgan fingerprint density at radius 1 is 1.31 bits per heavy atom. The summed E-state index contributed by atoms with van der Waals surface area (Å²) in [5.41, 5.74) is 1.13. The molecular weight excluding hydrogens is 162 g/mol. The number of pyridine rings is 1. The fourth-order valence-electron chi connectivity index (χ4n) is 1.74. The molecule has 2 unspecified atom stereocenters. The maximum Gasteiger partial charge on any atom is 0.0648 e. The first-order chi connectivity index (χ1) is 6.38. The largest absolute Gasteiger partial charge is 0.311 e. The van der Waals surface area contributed by atoms with Crippen LogP contribution in [0.2, 0.25) is 0 Å². The maximum atomic E-state index is 4.35. The molecule has 0 saturated carbocycles. The van der Waals surface area contributed by atoms with Crippen molar-refractivity contribution in [1.29, 1.82) is 0 Å². The lowest BCUT2D eigenvalue weighted by Crippen LogP contribution is -2.49. The molecule has 1 aliphatic rings. The fraction of sp³-hybridized carbons (Fsp3) is 0.500. The summed E-state index contributed by atoms with van der Waals surface area (Å²) >= 11 is 0. The van der Waals surface area contributed by atoms with E-state index in [1.165, 1.54) is 0 Å². The van der Waals surface area contributed by atoms with E-state index in [1.807, 2.05) is 18.3 Å². The van der Waals surface area contributed by atoms with Crippen LogP contribution in [0.25, 0.3) is 0 Å². The minimum Gasteiger partial charge on any atom is -0.311 e. The minimum atomic E-state index is 0.356. The van der Waals surface area contributed by atoms with Crippen LogP contribution in [0.4, 0.5) is 0 Å². The molecular formula is C10H15N3. The van der Waals surface area contributed by atoms with Crippen molar-refractivity contribution in [2.75, 3.05) is 13.1 Å². The van der Waals surface area contributed by atoms with Gasteiger partial charge in [0, 0.05) is 25.3 Å². The van der Waals surface area contributed by atoms with Crippen LogP contribution >= 0.6 is 0 Å². The van der Waals surface area contributed by atoms with Crippen molar-refractivity contribution in [3.63, 3.8) is 0 Å². The molecule has 1 fully saturated rings. The number of nitrogens with one attached hydrogen (secondary N) is 2. The molecule has 70 valence electrons. The number of aromatic nitrogens is 1. The number of piperazine rings is 1. The summed E-state index contributed by atoms with van der Waals surface area (Å²) in [5.74, 6) is 0. The normalized spacial score (nSPS) is 28.7. The molecule has 0 radical (unpaired) electrons. The lowest BCUT2D eigenvalue weighted by molar-refractivity contribution is 0.340. The first-order valence-electron chi connectivity index (χ1n) is 4.75. The molecule has 0 aromatic carbocycles. The Bertz CT molecular complexity index is 260. The summed E-state index contributed by atoms with van der Waals surface area (Å²) in [7, 11) is 0. The molecule has 3 nitrogen and oxygen atoms in total. The van der Waals surface area contributed by atoms with Crippen LogP contribution in [-0.4, -0.2) is 24.1 Å². The molecule has 1 aromatic rings. The smallest absolute Gasteiger partial charge is 0.0648 e. The molecule has 0 bridgehead atoms. The van der Waals surface area contributed by atoms with Crippen molar-refractivity contribution < 1.29 is 0 Å². The van der Waals surface area contributed by atoms with Gasteiger partial charge in [0.05, 0.1) is 11.7 Å². The third-order valence-corrected chi connectivity index (χ3v) is 2.46. The van der Waals surface area contributed by atoms with Crippen molar-refractivity contribution in [2.45, 2.75) is 19.0 Å². The Kier molecular flexibility index (Phi) is 2.57. The molecule has 0 aliphatic carbocycles. The van der Waals surface area contributed by atoms with E-state index in [0.717, 1.165) is 18.8 Å². The third kappa shape index (κ3) is 1.87. The SMILES string of the molecule is CC1NCCNC1c1ccccn1. The lowest BCUT2D eigenvalue weighted by atomic mass is 10.0. The van der Waals surface area contributed by atoms with Crippen molar-refractivity contribution >= 4 is 0 Å². The van der Waals surface area contributed by atoms with Gasteiger partial charge in [-0.2, -0.15) is 0 Å². The topological polar surface area (TPSA) is 37.0 Å². The van der Waals surface area contributed by atoms with Gasteiger partial charge in [0.15, 0.2) is 0 Å². The standard InChI is InChI=1S/C10H15N3/c1-8-10(13-7-6-11-8)9-4-2-3-5-12-9/h2-5,8,10-11,13H,6-7H2,1H3. The van der Waals surface area contributed by atoms with Crippen LogP contribution in [0.1, 0.15) is 18.7 Å². The average molecular weight is 177 g/mol. The van der Waals surface area contributed by atoms with E-state index in [0.29, 0.717) is 12.1 Å². The number of nitrogens with zero attached hydrogens (tertiary/aromatic N) is 1. The Labute approximate surface area is 78.6 Å². The Morgan fingerprint density at radius 3 is 2.85 bits per heavy atom. The summed E-state index contributed by atoms with van der Waals surface area (Å²) in [6.07, 6.45) is 1.85. The zero-order chi connectivity index (χ0) is 9.10. The van der Waals surface area contributed by atoms with E-state index in [2.05, 4.69) is 28.6 Å². The van der Waals surface area contributed by atoms with Crippen molar-refractivity contribution in [3.8, 4) is 0 Å². The van der Waals surface area contributed by atoms with E-state index in [9.17, 15) is 0 Å². The quantitative estimate of drug-likeness (QED) is 0.663. The zero-order valence-corrected chi connectivity index (χ0v) is 7.83. The van der Waals surface area contributed by atoms with Crippen LogP contribution < -0.4 is 10.6 Å². The second-order valence-corrected chi connectivity index (χ2v) is 3.43. The summed E-state index contributed by atoms with van der Waals surface area (Å²) in [4.78, 5) is 4.35. The molecule has 3 heteroatoms. The number of rotatable bonds is 1. The Morgan fingerprint density at radius 2 is 2.15 bits per heavy atom. The molecule has 2 N–H and O–H groups in total. The monoisotopic (exact) mass is 177 g/mol. The molecule has 0 spiro atoms. The Hall–Kier alpha value is -0.930. The van der Waals surface area contributed by atoms with E-state index < -0.39 is 0 Å². The van der Waals surface area contributed by atoms with E-state index in [-0.39, 0.29) is 0 Å². The highest BCUT2D eigenvalue weighted by Crippen LogP contribution is 2.15. The van der Waals surface area contributed by atoms with E-state index in [4.69, 9.17) is 0 Å². The van der Waals surface area contributed by atoms with Gasteiger partial charge >= 0.3 is 0 Å². The second kappa shape index (κ2) is 3.85. The summed E-state index contributed by atoms with van der Waals surface area (Å²) in [6.45, 7) is 4.25. The molecule has 2 atom stereocenters. The Balaban J connectivity index is 2.15. The number of hydrogen-bond acceptors (Lipinski definition) is 3. The lowest BCUT2D eigenvalue weighted by Gasteiger charge is -2.30. The van der Waals surface area contributed by atoms with Gasteiger partial charge in [-0.25, -0.2) is 0 Å². The van der Waals surface area contributed by atoms with Gasteiger partial charge in [-0.3, -0.25) is 4.98 Å².